The molecule has 1 aromatic carbocycles. The highest BCUT2D eigenvalue weighted by atomic mass is 79.9. The maximum Gasteiger partial charge on any atom is 0.165 e. The molecule has 0 unspecified atom stereocenters. The summed E-state index contributed by atoms with van der Waals surface area (Å²) in [7, 11) is 0. The summed E-state index contributed by atoms with van der Waals surface area (Å²) >= 11 is 3.50. The van der Waals surface area contributed by atoms with E-state index in [1.54, 1.807) is 0 Å². The van der Waals surface area contributed by atoms with Gasteiger partial charge in [0.2, 0.25) is 0 Å². The lowest BCUT2D eigenvalue weighted by atomic mass is 9.76. The van der Waals surface area contributed by atoms with Gasteiger partial charge >= 0.3 is 0 Å². The Morgan fingerprint density at radius 1 is 1.21 bits per heavy atom. The van der Waals surface area contributed by atoms with Crippen molar-refractivity contribution >= 4 is 21.7 Å². The van der Waals surface area contributed by atoms with Crippen LogP contribution < -0.4 is 0 Å². The lowest BCUT2D eigenvalue weighted by Crippen LogP contribution is -2.27. The second-order valence-electron chi connectivity index (χ2n) is 5.97. The van der Waals surface area contributed by atoms with Crippen LogP contribution in [0.1, 0.15) is 36.3 Å². The number of benzene rings is 1. The van der Waals surface area contributed by atoms with Crippen LogP contribution in [0.25, 0.3) is 5.69 Å². The number of hydrogen-bond acceptors (Lipinski definition) is 1. The lowest BCUT2D eigenvalue weighted by Gasteiger charge is -2.29. The third-order valence-corrected chi connectivity index (χ3v) is 4.16. The maximum absolute atomic E-state index is 12.2. The van der Waals surface area contributed by atoms with Crippen LogP contribution in [0, 0.1) is 5.41 Å². The molecule has 0 saturated heterocycles. The highest BCUT2D eigenvalue weighted by molar-refractivity contribution is 9.10. The molecule has 0 amide bonds. The number of carbonyl (C=O) groups is 1. The Labute approximate surface area is 121 Å². The van der Waals surface area contributed by atoms with Crippen molar-refractivity contribution in [1.82, 2.24) is 4.57 Å². The molecule has 0 radical (unpaired) electrons. The zero-order chi connectivity index (χ0) is 13.6. The van der Waals surface area contributed by atoms with Crippen molar-refractivity contribution in [2.75, 3.05) is 0 Å². The summed E-state index contributed by atoms with van der Waals surface area (Å²) in [5.74, 6) is 0.264. The van der Waals surface area contributed by atoms with Crippen LogP contribution in [0.4, 0.5) is 0 Å². The second-order valence-corrected chi connectivity index (χ2v) is 6.88. The number of fused-ring (bicyclic) bond motifs is 1. The molecule has 3 rings (SSSR count). The van der Waals surface area contributed by atoms with Crippen molar-refractivity contribution in [2.24, 2.45) is 5.41 Å². The molecule has 98 valence electrons. The van der Waals surface area contributed by atoms with Crippen molar-refractivity contribution in [3.05, 3.63) is 52.3 Å². The summed E-state index contributed by atoms with van der Waals surface area (Å²) in [6.07, 6.45) is 3.59. The Morgan fingerprint density at radius 3 is 2.74 bits per heavy atom. The highest BCUT2D eigenvalue weighted by Crippen LogP contribution is 2.36. The molecule has 0 aliphatic heterocycles. The summed E-state index contributed by atoms with van der Waals surface area (Å²) in [5, 5.41) is 0. The molecule has 3 heteroatoms. The van der Waals surface area contributed by atoms with E-state index in [1.807, 2.05) is 24.4 Å². The molecule has 0 saturated carbocycles. The molecule has 0 spiro atoms. The molecular formula is C16H16BrNO. The quantitative estimate of drug-likeness (QED) is 0.764. The van der Waals surface area contributed by atoms with Gasteiger partial charge in [0.1, 0.15) is 0 Å². The number of hydrogen-bond donors (Lipinski definition) is 0. The monoisotopic (exact) mass is 317 g/mol. The van der Waals surface area contributed by atoms with Crippen molar-refractivity contribution in [3.63, 3.8) is 0 Å². The SMILES string of the molecule is CC1(C)CC(=O)c2ccn(-c3cccc(Br)c3)c2C1. The number of rotatable bonds is 1. The van der Waals surface area contributed by atoms with Crippen molar-refractivity contribution in [2.45, 2.75) is 26.7 Å². The first-order valence-electron chi connectivity index (χ1n) is 6.46. The minimum Gasteiger partial charge on any atom is -0.320 e. The van der Waals surface area contributed by atoms with E-state index in [-0.39, 0.29) is 11.2 Å². The number of Topliss-reactive ketones (excluding diaryl/α,β-unsaturated/α-hetero) is 1. The molecule has 0 fully saturated rings. The van der Waals surface area contributed by atoms with Gasteiger partial charge in [0.05, 0.1) is 0 Å². The second kappa shape index (κ2) is 4.34. The molecule has 0 N–H and O–H groups in total. The standard InChI is InChI=1S/C16H16BrNO/c1-16(2)9-14-13(15(19)10-16)6-7-18(14)12-5-3-4-11(17)8-12/h3-8H,9-10H2,1-2H3. The van der Waals surface area contributed by atoms with Gasteiger partial charge in [-0.25, -0.2) is 0 Å². The third-order valence-electron chi connectivity index (χ3n) is 3.66. The average Bonchev–Trinajstić information content (AvgIpc) is 2.71. The van der Waals surface area contributed by atoms with Gasteiger partial charge in [-0.2, -0.15) is 0 Å². The summed E-state index contributed by atoms with van der Waals surface area (Å²) in [6.45, 7) is 4.32. The first-order chi connectivity index (χ1) is 8.96. The first-order valence-corrected chi connectivity index (χ1v) is 7.25. The van der Waals surface area contributed by atoms with Crippen molar-refractivity contribution in [1.29, 1.82) is 0 Å². The number of halogens is 1. The van der Waals surface area contributed by atoms with Crippen molar-refractivity contribution in [3.8, 4) is 5.69 Å². The van der Waals surface area contributed by atoms with Gasteiger partial charge in [0.15, 0.2) is 5.78 Å². The molecule has 1 aliphatic rings. The Morgan fingerprint density at radius 2 is 2.00 bits per heavy atom. The molecule has 2 aromatic rings. The maximum atomic E-state index is 12.2. The van der Waals surface area contributed by atoms with Gasteiger partial charge < -0.3 is 4.57 Å². The fourth-order valence-corrected chi connectivity index (χ4v) is 3.20. The smallest absolute Gasteiger partial charge is 0.165 e. The van der Waals surface area contributed by atoms with Gasteiger partial charge in [-0.15, -0.1) is 0 Å². The summed E-state index contributed by atoms with van der Waals surface area (Å²) in [6, 6.07) is 10.1. The first kappa shape index (κ1) is 12.7. The summed E-state index contributed by atoms with van der Waals surface area (Å²) in [4.78, 5) is 12.2. The fraction of sp³-hybridized carbons (Fsp3) is 0.312. The van der Waals surface area contributed by atoms with E-state index in [0.29, 0.717) is 6.42 Å². The zero-order valence-electron chi connectivity index (χ0n) is 11.1. The van der Waals surface area contributed by atoms with E-state index in [0.717, 1.165) is 27.8 Å². The van der Waals surface area contributed by atoms with Crippen LogP contribution in [0.15, 0.2) is 41.0 Å². The molecule has 1 aromatic heterocycles. The topological polar surface area (TPSA) is 22.0 Å². The van der Waals surface area contributed by atoms with Crippen LogP contribution in [0.2, 0.25) is 0 Å². The number of ketones is 1. The van der Waals surface area contributed by atoms with Crippen LogP contribution >= 0.6 is 15.9 Å². The molecule has 1 aliphatic carbocycles. The van der Waals surface area contributed by atoms with Crippen molar-refractivity contribution < 1.29 is 4.79 Å². The number of nitrogens with zero attached hydrogens (tertiary/aromatic N) is 1. The minimum absolute atomic E-state index is 0.0478. The number of carbonyl (C=O) groups excluding carboxylic acids is 1. The summed E-state index contributed by atoms with van der Waals surface area (Å²) < 4.78 is 3.19. The van der Waals surface area contributed by atoms with E-state index in [1.165, 1.54) is 0 Å². The molecule has 2 nitrogen and oxygen atoms in total. The largest absolute Gasteiger partial charge is 0.320 e. The van der Waals surface area contributed by atoms with Gasteiger partial charge in [0.25, 0.3) is 0 Å². The molecule has 0 bridgehead atoms. The number of aromatic nitrogens is 1. The van der Waals surface area contributed by atoms with Gasteiger partial charge in [0, 0.05) is 34.0 Å². The zero-order valence-corrected chi connectivity index (χ0v) is 12.7. The van der Waals surface area contributed by atoms with Crippen LogP contribution in [-0.2, 0) is 6.42 Å². The molecule has 1 heterocycles. The fourth-order valence-electron chi connectivity index (χ4n) is 2.81. The van der Waals surface area contributed by atoms with Crippen LogP contribution in [-0.4, -0.2) is 10.4 Å². The van der Waals surface area contributed by atoms with E-state index in [2.05, 4.69) is 46.5 Å². The Bertz CT molecular complexity index is 655. The Kier molecular flexibility index (Phi) is 2.90. The third kappa shape index (κ3) is 2.27. The Balaban J connectivity index is 2.14. The van der Waals surface area contributed by atoms with Crippen LogP contribution in [0.5, 0.6) is 0 Å². The highest BCUT2D eigenvalue weighted by Gasteiger charge is 2.33. The van der Waals surface area contributed by atoms with E-state index >= 15 is 0 Å². The normalized spacial score (nSPS) is 17.3. The van der Waals surface area contributed by atoms with E-state index < -0.39 is 0 Å². The Hall–Kier alpha value is -1.35. The van der Waals surface area contributed by atoms with Gasteiger partial charge in [-0.05, 0) is 36.1 Å². The average molecular weight is 318 g/mol. The minimum atomic E-state index is 0.0478. The van der Waals surface area contributed by atoms with E-state index in [4.69, 9.17) is 0 Å². The lowest BCUT2D eigenvalue weighted by molar-refractivity contribution is 0.0911. The van der Waals surface area contributed by atoms with Crippen LogP contribution in [0.3, 0.4) is 0 Å². The van der Waals surface area contributed by atoms with E-state index in [9.17, 15) is 4.79 Å². The molecule has 0 atom stereocenters. The molecular weight excluding hydrogens is 302 g/mol. The van der Waals surface area contributed by atoms with Gasteiger partial charge in [-0.1, -0.05) is 35.8 Å². The molecule has 19 heavy (non-hydrogen) atoms. The predicted molar refractivity (Wildman–Crippen MR) is 79.9 cm³/mol. The van der Waals surface area contributed by atoms with Gasteiger partial charge in [-0.3, -0.25) is 4.79 Å². The predicted octanol–water partition coefficient (Wildman–Crippen LogP) is 4.39. The summed E-state index contributed by atoms with van der Waals surface area (Å²) in [5.41, 5.74) is 3.17.